The zero-order chi connectivity index (χ0) is 25.8. The molecule has 4 aromatic rings. The zero-order valence-corrected chi connectivity index (χ0v) is 19.9. The second-order valence-electron chi connectivity index (χ2n) is 8.02. The first-order valence-electron chi connectivity index (χ1n) is 11.2. The molecule has 0 bridgehead atoms. The van der Waals surface area contributed by atoms with Gasteiger partial charge in [0.25, 0.3) is 5.56 Å². The molecule has 0 aliphatic heterocycles. The van der Waals surface area contributed by atoms with Crippen molar-refractivity contribution in [1.29, 1.82) is 0 Å². The number of ketones is 1. The molecule has 0 saturated heterocycles. The molecular formula is C26H25N3O7. The molecule has 0 amide bonds. The van der Waals surface area contributed by atoms with Gasteiger partial charge in [0.15, 0.2) is 6.61 Å². The summed E-state index contributed by atoms with van der Waals surface area (Å²) in [7, 11) is 1.25. The van der Waals surface area contributed by atoms with Crippen molar-refractivity contribution in [1.82, 2.24) is 9.13 Å². The van der Waals surface area contributed by atoms with Crippen LogP contribution in [0.3, 0.4) is 0 Å². The molecule has 4 rings (SSSR count). The highest BCUT2D eigenvalue weighted by Gasteiger charge is 2.26. The number of furan rings is 1. The number of benzene rings is 2. The van der Waals surface area contributed by atoms with Gasteiger partial charge in [-0.2, -0.15) is 0 Å². The maximum atomic E-state index is 13.0. The zero-order valence-electron chi connectivity index (χ0n) is 19.9. The number of hydrogen-bond acceptors (Lipinski definition) is 8. The number of fused-ring (bicyclic) bond motifs is 1. The van der Waals surface area contributed by atoms with Gasteiger partial charge in [-0.25, -0.2) is 9.59 Å². The number of nitrogen functional groups attached to an aromatic ring is 1. The van der Waals surface area contributed by atoms with Crippen molar-refractivity contribution in [3.8, 4) is 0 Å². The normalized spacial score (nSPS) is 11.1. The largest absolute Gasteiger partial charge is 0.451 e. The molecule has 2 heterocycles. The van der Waals surface area contributed by atoms with E-state index in [9.17, 15) is 19.2 Å². The molecule has 2 aromatic heterocycles. The third-order valence-corrected chi connectivity index (χ3v) is 5.71. The maximum absolute atomic E-state index is 13.0. The molecule has 10 nitrogen and oxygen atoms in total. The lowest BCUT2D eigenvalue weighted by atomic mass is 10.1. The molecule has 0 fully saturated rings. The van der Waals surface area contributed by atoms with E-state index < -0.39 is 35.2 Å². The highest BCUT2D eigenvalue weighted by molar-refractivity contribution is 6.02. The molecule has 0 radical (unpaired) electrons. The van der Waals surface area contributed by atoms with Crippen LogP contribution < -0.4 is 17.0 Å². The summed E-state index contributed by atoms with van der Waals surface area (Å²) in [4.78, 5) is 51.2. The number of ether oxygens (including phenoxy) is 2. The molecule has 36 heavy (non-hydrogen) atoms. The van der Waals surface area contributed by atoms with Crippen LogP contribution in [0.1, 0.15) is 39.0 Å². The van der Waals surface area contributed by atoms with Crippen LogP contribution in [0.4, 0.5) is 5.82 Å². The lowest BCUT2D eigenvalue weighted by Gasteiger charge is -2.14. The maximum Gasteiger partial charge on any atom is 0.375 e. The number of carbonyl (C=O) groups is 2. The predicted molar refractivity (Wildman–Crippen MR) is 132 cm³/mol. The number of carbonyl (C=O) groups excluding carboxylic acids is 2. The second kappa shape index (κ2) is 10.4. The number of nitrogens with zero attached hydrogens (tertiary/aromatic N) is 2. The van der Waals surface area contributed by atoms with Crippen molar-refractivity contribution < 1.29 is 23.5 Å². The molecule has 0 aliphatic carbocycles. The van der Waals surface area contributed by atoms with Crippen LogP contribution >= 0.6 is 0 Å². The van der Waals surface area contributed by atoms with Crippen molar-refractivity contribution in [3.05, 3.63) is 97.9 Å². The van der Waals surface area contributed by atoms with Crippen LogP contribution in [0, 0.1) is 0 Å². The second-order valence-corrected chi connectivity index (χ2v) is 8.02. The molecule has 10 heteroatoms. The number of esters is 1. The first-order valence-corrected chi connectivity index (χ1v) is 11.2. The Morgan fingerprint density at radius 3 is 2.44 bits per heavy atom. The number of anilines is 1. The molecule has 186 valence electrons. The smallest absolute Gasteiger partial charge is 0.375 e. The van der Waals surface area contributed by atoms with E-state index in [1.165, 1.54) is 7.05 Å². The standard InChI is InChI=1S/C26H25N3O7/c1-3-34-14-18-17-11-7-8-12-20(17)36-22(18)25(32)35-15-19(30)21-23(27)29(26(33)28(2)24(21)31)13-16-9-5-4-6-10-16/h4-12H,3,13-15,27H2,1-2H3. The third kappa shape index (κ3) is 4.71. The topological polar surface area (TPSA) is 136 Å². The van der Waals surface area contributed by atoms with Gasteiger partial charge in [-0.05, 0) is 18.6 Å². The van der Waals surface area contributed by atoms with Gasteiger partial charge < -0.3 is 19.6 Å². The van der Waals surface area contributed by atoms with E-state index >= 15 is 0 Å². The Morgan fingerprint density at radius 2 is 1.72 bits per heavy atom. The van der Waals surface area contributed by atoms with Crippen LogP contribution in [0.15, 0.2) is 68.6 Å². The van der Waals surface area contributed by atoms with E-state index in [0.29, 0.717) is 23.1 Å². The number of para-hydroxylation sites is 1. The Kier molecular flexibility index (Phi) is 7.16. The summed E-state index contributed by atoms with van der Waals surface area (Å²) in [6.07, 6.45) is 0. The van der Waals surface area contributed by atoms with Gasteiger partial charge in [-0.3, -0.25) is 18.7 Å². The van der Waals surface area contributed by atoms with Crippen molar-refractivity contribution in [2.24, 2.45) is 7.05 Å². The average molecular weight is 492 g/mol. The summed E-state index contributed by atoms with van der Waals surface area (Å²) in [5.74, 6) is -2.12. The van der Waals surface area contributed by atoms with Crippen molar-refractivity contribution in [3.63, 3.8) is 0 Å². The highest BCUT2D eigenvalue weighted by atomic mass is 16.5. The third-order valence-electron chi connectivity index (χ3n) is 5.71. The summed E-state index contributed by atoms with van der Waals surface area (Å²) in [5.41, 5.74) is 5.85. The Labute approximate surface area is 205 Å². The number of nitrogens with two attached hydrogens (primary N) is 1. The van der Waals surface area contributed by atoms with Gasteiger partial charge in [0.2, 0.25) is 11.5 Å². The van der Waals surface area contributed by atoms with Crippen molar-refractivity contribution >= 4 is 28.5 Å². The van der Waals surface area contributed by atoms with Crippen molar-refractivity contribution in [2.45, 2.75) is 20.1 Å². The van der Waals surface area contributed by atoms with Crippen LogP contribution in [0.2, 0.25) is 0 Å². The van der Waals surface area contributed by atoms with Crippen molar-refractivity contribution in [2.75, 3.05) is 18.9 Å². The molecule has 0 aliphatic rings. The summed E-state index contributed by atoms with van der Waals surface area (Å²) >= 11 is 0. The fourth-order valence-electron chi connectivity index (χ4n) is 3.84. The Morgan fingerprint density at radius 1 is 1.03 bits per heavy atom. The van der Waals surface area contributed by atoms with Crippen LogP contribution in [-0.4, -0.2) is 34.1 Å². The van der Waals surface area contributed by atoms with E-state index in [0.717, 1.165) is 14.7 Å². The summed E-state index contributed by atoms with van der Waals surface area (Å²) in [6, 6.07) is 16.0. The fraction of sp³-hybridized carbons (Fsp3) is 0.231. The number of rotatable bonds is 9. The summed E-state index contributed by atoms with van der Waals surface area (Å²) in [5, 5.41) is 0.690. The SMILES string of the molecule is CCOCc1c(C(=O)OCC(=O)c2c(N)n(Cc3ccccc3)c(=O)n(C)c2=O)oc2ccccc12. The minimum atomic E-state index is -0.887. The molecule has 0 spiro atoms. The first kappa shape index (κ1) is 24.7. The van der Waals surface area contributed by atoms with Crippen LogP contribution in [0.25, 0.3) is 11.0 Å². The lowest BCUT2D eigenvalue weighted by molar-refractivity contribution is 0.0438. The molecule has 2 N–H and O–H groups in total. The van der Waals surface area contributed by atoms with Gasteiger partial charge in [-0.15, -0.1) is 0 Å². The minimum absolute atomic E-state index is 0.0550. The van der Waals surface area contributed by atoms with E-state index in [-0.39, 0.29) is 24.7 Å². The summed E-state index contributed by atoms with van der Waals surface area (Å²) in [6.45, 7) is 1.64. The number of aromatic nitrogens is 2. The summed E-state index contributed by atoms with van der Waals surface area (Å²) < 4.78 is 18.3. The van der Waals surface area contributed by atoms with Crippen LogP contribution in [-0.2, 0) is 29.7 Å². The fourth-order valence-corrected chi connectivity index (χ4v) is 3.84. The molecular weight excluding hydrogens is 466 g/mol. The first-order chi connectivity index (χ1) is 17.3. The van der Waals surface area contributed by atoms with Gasteiger partial charge >= 0.3 is 11.7 Å². The van der Waals surface area contributed by atoms with Gasteiger partial charge in [-0.1, -0.05) is 48.5 Å². The van der Waals surface area contributed by atoms with Gasteiger partial charge in [0.05, 0.1) is 13.2 Å². The molecule has 2 aromatic carbocycles. The van der Waals surface area contributed by atoms with E-state index in [4.69, 9.17) is 19.6 Å². The molecule has 0 saturated carbocycles. The predicted octanol–water partition coefficient (Wildman–Crippen LogP) is 2.50. The molecule has 0 unspecified atom stereocenters. The Hall–Kier alpha value is -4.44. The van der Waals surface area contributed by atoms with E-state index in [1.807, 2.05) is 13.0 Å². The van der Waals surface area contributed by atoms with Gasteiger partial charge in [0.1, 0.15) is 17.0 Å². The Balaban J connectivity index is 1.61. The monoisotopic (exact) mass is 491 g/mol. The quantitative estimate of drug-likeness (QED) is 0.279. The van der Waals surface area contributed by atoms with E-state index in [2.05, 4.69) is 0 Å². The minimum Gasteiger partial charge on any atom is -0.451 e. The molecule has 0 atom stereocenters. The van der Waals surface area contributed by atoms with Crippen LogP contribution in [0.5, 0.6) is 0 Å². The highest BCUT2D eigenvalue weighted by Crippen LogP contribution is 2.27. The average Bonchev–Trinajstić information content (AvgIpc) is 3.26. The number of hydrogen-bond donors (Lipinski definition) is 1. The van der Waals surface area contributed by atoms with E-state index in [1.54, 1.807) is 48.5 Å². The van der Waals surface area contributed by atoms with Gasteiger partial charge in [0, 0.05) is 24.6 Å². The number of Topliss-reactive ketones (excluding diaryl/α,β-unsaturated/α-hetero) is 1. The Bertz CT molecular complexity index is 1550. The lowest BCUT2D eigenvalue weighted by Crippen LogP contribution is -2.43.